The molecule has 0 aliphatic carbocycles. The number of nitrogens with one attached hydrogen (secondary N) is 2. The van der Waals surface area contributed by atoms with Gasteiger partial charge in [0.2, 0.25) is 5.91 Å². The molecule has 40 heavy (non-hydrogen) atoms. The number of nitrogens with zero attached hydrogens (tertiary/aromatic N) is 3. The van der Waals surface area contributed by atoms with Crippen molar-refractivity contribution in [3.8, 4) is 0 Å². The number of benzene rings is 2. The Bertz CT molecular complexity index is 1630. The first-order chi connectivity index (χ1) is 19.1. The van der Waals surface area contributed by atoms with Gasteiger partial charge in [-0.3, -0.25) is 15.1 Å². The Balaban J connectivity index is 1.48. The Morgan fingerprint density at radius 3 is 2.67 bits per heavy atom. The number of fused-ring (bicyclic) bond motifs is 2. The zero-order valence-electron chi connectivity index (χ0n) is 22.9. The van der Waals surface area contributed by atoms with Gasteiger partial charge >= 0.3 is 17.7 Å². The maximum Gasteiger partial charge on any atom is 0.412 e. The van der Waals surface area contributed by atoms with Crippen LogP contribution in [0.1, 0.15) is 49.1 Å². The molecule has 0 saturated carbocycles. The fourth-order valence-electron chi connectivity index (χ4n) is 4.82. The summed E-state index contributed by atoms with van der Waals surface area (Å²) in [6.45, 7) is 7.75. The summed E-state index contributed by atoms with van der Waals surface area (Å²) >= 11 is 0. The van der Waals surface area contributed by atoms with E-state index >= 15 is 0 Å². The van der Waals surface area contributed by atoms with Gasteiger partial charge in [-0.2, -0.15) is 4.98 Å². The average Bonchev–Trinajstić information content (AvgIpc) is 2.92. The van der Waals surface area contributed by atoms with E-state index in [2.05, 4.69) is 20.6 Å². The van der Waals surface area contributed by atoms with Crippen LogP contribution in [0.3, 0.4) is 0 Å². The number of carbonyl (C=O) groups excluding carboxylic acids is 2. The molecule has 206 valence electrons. The fraction of sp³-hybridized carbons (Fsp3) is 0.300. The molecule has 2 aromatic heterocycles. The number of carbonyl (C=O) groups is 2. The van der Waals surface area contributed by atoms with Gasteiger partial charge in [-0.05, 0) is 74.6 Å². The molecule has 10 nitrogen and oxygen atoms in total. The number of hydrogen-bond acceptors (Lipinski definition) is 8. The van der Waals surface area contributed by atoms with E-state index in [4.69, 9.17) is 9.15 Å². The van der Waals surface area contributed by atoms with Crippen molar-refractivity contribution < 1.29 is 18.7 Å². The quantitative estimate of drug-likeness (QED) is 0.374. The van der Waals surface area contributed by atoms with Crippen molar-refractivity contribution >= 4 is 34.6 Å². The van der Waals surface area contributed by atoms with E-state index in [9.17, 15) is 14.4 Å². The predicted octanol–water partition coefficient (Wildman–Crippen LogP) is 4.66. The summed E-state index contributed by atoms with van der Waals surface area (Å²) in [5, 5.41) is 5.92. The van der Waals surface area contributed by atoms with Crippen LogP contribution >= 0.6 is 0 Å². The molecule has 10 heteroatoms. The number of hydrogen-bond donors (Lipinski definition) is 2. The van der Waals surface area contributed by atoms with Crippen molar-refractivity contribution in [1.29, 1.82) is 0 Å². The Hall–Kier alpha value is -4.73. The molecule has 4 aromatic rings. The number of rotatable bonds is 5. The summed E-state index contributed by atoms with van der Waals surface area (Å²) in [5.74, 6) is -0.242. The number of amides is 2. The van der Waals surface area contributed by atoms with Crippen LogP contribution in [0, 0.1) is 6.92 Å². The minimum Gasteiger partial charge on any atom is -0.444 e. The van der Waals surface area contributed by atoms with E-state index < -0.39 is 23.4 Å². The largest absolute Gasteiger partial charge is 0.444 e. The Kier molecular flexibility index (Phi) is 7.25. The molecule has 3 heterocycles. The summed E-state index contributed by atoms with van der Waals surface area (Å²) in [7, 11) is 0. The Morgan fingerprint density at radius 2 is 1.93 bits per heavy atom. The molecule has 1 unspecified atom stereocenters. The Morgan fingerprint density at radius 1 is 1.12 bits per heavy atom. The summed E-state index contributed by atoms with van der Waals surface area (Å²) in [4.78, 5) is 49.7. The van der Waals surface area contributed by atoms with Crippen LogP contribution in [0.4, 0.5) is 16.5 Å². The van der Waals surface area contributed by atoms with Gasteiger partial charge in [0.1, 0.15) is 11.6 Å². The van der Waals surface area contributed by atoms with Gasteiger partial charge in [0.05, 0.1) is 10.9 Å². The van der Waals surface area contributed by atoms with Gasteiger partial charge in [0.15, 0.2) is 0 Å². The molecular formula is C30H31N5O5. The van der Waals surface area contributed by atoms with Gasteiger partial charge in [-0.15, -0.1) is 0 Å². The molecule has 0 spiro atoms. The molecule has 1 atom stereocenters. The monoisotopic (exact) mass is 541 g/mol. The zero-order chi connectivity index (χ0) is 28.4. The second-order valence-electron chi connectivity index (χ2n) is 10.7. The molecule has 1 aliphatic heterocycles. The third-order valence-corrected chi connectivity index (χ3v) is 6.65. The third kappa shape index (κ3) is 5.66. The number of pyridine rings is 1. The van der Waals surface area contributed by atoms with Crippen molar-refractivity contribution in [2.45, 2.75) is 52.3 Å². The number of ether oxygens (including phenoxy) is 1. The first kappa shape index (κ1) is 26.9. The normalized spacial score (nSPS) is 14.9. The highest BCUT2D eigenvalue weighted by Gasteiger charge is 2.35. The molecule has 1 aliphatic rings. The van der Waals surface area contributed by atoms with Crippen LogP contribution in [0.2, 0.25) is 0 Å². The van der Waals surface area contributed by atoms with Crippen LogP contribution in [-0.2, 0) is 22.5 Å². The van der Waals surface area contributed by atoms with Gasteiger partial charge in [-0.1, -0.05) is 30.3 Å². The van der Waals surface area contributed by atoms with E-state index in [-0.39, 0.29) is 17.3 Å². The summed E-state index contributed by atoms with van der Waals surface area (Å²) in [6, 6.07) is 14.1. The van der Waals surface area contributed by atoms with Crippen molar-refractivity contribution in [3.05, 3.63) is 93.6 Å². The van der Waals surface area contributed by atoms with E-state index in [1.54, 1.807) is 57.1 Å². The highest BCUT2D eigenvalue weighted by atomic mass is 16.6. The first-order valence-electron chi connectivity index (χ1n) is 13.1. The minimum absolute atomic E-state index is 0.0563. The van der Waals surface area contributed by atoms with Crippen molar-refractivity contribution in [2.24, 2.45) is 0 Å². The van der Waals surface area contributed by atoms with E-state index in [1.165, 1.54) is 0 Å². The fourth-order valence-corrected chi connectivity index (χ4v) is 4.82. The molecule has 2 aromatic carbocycles. The molecule has 5 rings (SSSR count). The van der Waals surface area contributed by atoms with Crippen LogP contribution in [-0.4, -0.2) is 34.1 Å². The van der Waals surface area contributed by atoms with Gasteiger partial charge in [0, 0.05) is 31.2 Å². The van der Waals surface area contributed by atoms with Gasteiger partial charge in [0.25, 0.3) is 0 Å². The molecule has 0 bridgehead atoms. The summed E-state index contributed by atoms with van der Waals surface area (Å²) in [6.07, 6.45) is 3.40. The average molecular weight is 542 g/mol. The van der Waals surface area contributed by atoms with E-state index in [1.807, 2.05) is 36.4 Å². The van der Waals surface area contributed by atoms with Crippen molar-refractivity contribution in [2.75, 3.05) is 16.8 Å². The van der Waals surface area contributed by atoms with Gasteiger partial charge in [-0.25, -0.2) is 9.59 Å². The molecule has 0 saturated heterocycles. The lowest BCUT2D eigenvalue weighted by Crippen LogP contribution is -2.45. The van der Waals surface area contributed by atoms with E-state index in [0.717, 1.165) is 16.7 Å². The van der Waals surface area contributed by atoms with Crippen molar-refractivity contribution in [3.63, 3.8) is 0 Å². The smallest absolute Gasteiger partial charge is 0.412 e. The van der Waals surface area contributed by atoms with Crippen LogP contribution in [0.15, 0.2) is 70.1 Å². The lowest BCUT2D eigenvalue weighted by Gasteiger charge is -2.35. The highest BCUT2D eigenvalue weighted by molar-refractivity contribution is 5.93. The molecule has 0 fully saturated rings. The van der Waals surface area contributed by atoms with Crippen LogP contribution in [0.5, 0.6) is 0 Å². The molecule has 0 radical (unpaired) electrons. The van der Waals surface area contributed by atoms with Gasteiger partial charge < -0.3 is 19.4 Å². The second kappa shape index (κ2) is 10.8. The maximum absolute atomic E-state index is 13.6. The standard InChI is InChI=1S/C30H31N5O5/c1-18-22(34-29(38)40-30(2,3)4)11-12-23-24(18)27(37)39-28(33-23)35-15-13-20-9-5-6-10-21(20)25(35)26(36)32-17-19-8-7-14-31-16-19/h5-12,14,16,25H,13,15,17H2,1-4H3,(H,32,36)(H,34,38). The lowest BCUT2D eigenvalue weighted by molar-refractivity contribution is -0.123. The number of aryl methyl sites for hydroxylation is 1. The van der Waals surface area contributed by atoms with Crippen molar-refractivity contribution in [1.82, 2.24) is 15.3 Å². The molecule has 2 amide bonds. The maximum atomic E-state index is 13.6. The van der Waals surface area contributed by atoms with Crippen LogP contribution < -0.4 is 21.2 Å². The molecule has 2 N–H and O–H groups in total. The third-order valence-electron chi connectivity index (χ3n) is 6.65. The predicted molar refractivity (Wildman–Crippen MR) is 151 cm³/mol. The zero-order valence-corrected chi connectivity index (χ0v) is 22.9. The number of anilines is 2. The SMILES string of the molecule is Cc1c(NC(=O)OC(C)(C)C)ccc2nc(N3CCc4ccccc4C3C(=O)NCc3cccnc3)oc(=O)c12. The topological polar surface area (TPSA) is 127 Å². The summed E-state index contributed by atoms with van der Waals surface area (Å²) in [5.41, 5.74) is 2.79. The highest BCUT2D eigenvalue weighted by Crippen LogP contribution is 2.34. The van der Waals surface area contributed by atoms with E-state index in [0.29, 0.717) is 36.3 Å². The minimum atomic E-state index is -0.746. The first-order valence-corrected chi connectivity index (χ1v) is 13.1. The number of aromatic nitrogens is 2. The molecular weight excluding hydrogens is 510 g/mol. The van der Waals surface area contributed by atoms with Crippen LogP contribution in [0.25, 0.3) is 10.9 Å². The summed E-state index contributed by atoms with van der Waals surface area (Å²) < 4.78 is 11.1. The Labute approximate surface area is 231 Å². The second-order valence-corrected chi connectivity index (χ2v) is 10.7. The lowest BCUT2D eigenvalue weighted by atomic mass is 9.92.